The predicted octanol–water partition coefficient (Wildman–Crippen LogP) is 4.25. The third-order valence-corrected chi connectivity index (χ3v) is 3.78. The molecule has 0 radical (unpaired) electrons. The van der Waals surface area contributed by atoms with Crippen molar-refractivity contribution in [3.63, 3.8) is 0 Å². The maximum atomic E-state index is 14.2. The Morgan fingerprint density at radius 3 is 2.78 bits per heavy atom. The van der Waals surface area contributed by atoms with Gasteiger partial charge in [-0.1, -0.05) is 17.7 Å². The molecule has 6 heteroatoms. The van der Waals surface area contributed by atoms with Crippen molar-refractivity contribution in [3.05, 3.63) is 71.8 Å². The van der Waals surface area contributed by atoms with Crippen molar-refractivity contribution in [2.45, 2.75) is 0 Å². The van der Waals surface area contributed by atoms with E-state index in [1.165, 1.54) is 12.1 Å². The summed E-state index contributed by atoms with van der Waals surface area (Å²) in [5.41, 5.74) is 2.21. The van der Waals surface area contributed by atoms with Gasteiger partial charge >= 0.3 is 0 Å². The molecule has 0 aliphatic carbocycles. The van der Waals surface area contributed by atoms with E-state index >= 15 is 0 Å². The fraction of sp³-hybridized carbons (Fsp3) is 0. The topological polar surface area (TPSA) is 43.1 Å². The second kappa shape index (κ2) is 5.44. The third kappa shape index (κ3) is 2.35. The van der Waals surface area contributed by atoms with Crippen LogP contribution in [0.4, 0.5) is 4.39 Å². The van der Waals surface area contributed by atoms with Gasteiger partial charge in [-0.2, -0.15) is 0 Å². The summed E-state index contributed by atoms with van der Waals surface area (Å²) < 4.78 is 16.1. The van der Waals surface area contributed by atoms with Crippen LogP contribution >= 0.6 is 11.6 Å². The molecule has 0 atom stereocenters. The van der Waals surface area contributed by atoms with Crippen LogP contribution in [0.5, 0.6) is 0 Å². The minimum absolute atomic E-state index is 0.334. The lowest BCUT2D eigenvalue weighted by Crippen LogP contribution is -1.95. The lowest BCUT2D eigenvalue weighted by molar-refractivity contribution is 0.631. The molecule has 0 fully saturated rings. The SMILES string of the molecule is Fc1ccc(Cl)cc1-c1ncccc1-c1nnc2ccccn12. The van der Waals surface area contributed by atoms with Crippen LogP contribution in [-0.2, 0) is 0 Å². The zero-order valence-corrected chi connectivity index (χ0v) is 12.6. The molecule has 112 valence electrons. The molecule has 4 rings (SSSR count). The van der Waals surface area contributed by atoms with Gasteiger partial charge in [0.25, 0.3) is 0 Å². The zero-order valence-electron chi connectivity index (χ0n) is 11.8. The Labute approximate surface area is 136 Å². The number of aromatic nitrogens is 4. The molecule has 0 aliphatic rings. The minimum atomic E-state index is -0.386. The van der Waals surface area contributed by atoms with Gasteiger partial charge in [0, 0.05) is 28.5 Å². The van der Waals surface area contributed by atoms with Crippen molar-refractivity contribution in [1.82, 2.24) is 19.6 Å². The maximum absolute atomic E-state index is 14.2. The standard InChI is InChI=1S/C17H10ClFN4/c18-11-6-7-14(19)13(10-11)16-12(4-3-8-20-16)17-22-21-15-5-1-2-9-23(15)17/h1-10H. The molecular formula is C17H10ClFN4. The van der Waals surface area contributed by atoms with Crippen LogP contribution in [0.1, 0.15) is 0 Å². The zero-order chi connectivity index (χ0) is 15.8. The number of hydrogen-bond donors (Lipinski definition) is 0. The Morgan fingerprint density at radius 2 is 1.87 bits per heavy atom. The van der Waals surface area contributed by atoms with E-state index in [0.29, 0.717) is 33.3 Å². The summed E-state index contributed by atoms with van der Waals surface area (Å²) in [5, 5.41) is 8.80. The molecule has 0 unspecified atom stereocenters. The van der Waals surface area contributed by atoms with E-state index in [9.17, 15) is 4.39 Å². The first-order valence-corrected chi connectivity index (χ1v) is 7.32. The molecule has 23 heavy (non-hydrogen) atoms. The predicted molar refractivity (Wildman–Crippen MR) is 86.6 cm³/mol. The van der Waals surface area contributed by atoms with E-state index in [4.69, 9.17) is 11.6 Å². The summed E-state index contributed by atoms with van der Waals surface area (Å²) in [6, 6.07) is 13.6. The summed E-state index contributed by atoms with van der Waals surface area (Å²) in [7, 11) is 0. The summed E-state index contributed by atoms with van der Waals surface area (Å²) in [6.07, 6.45) is 3.47. The number of hydrogen-bond acceptors (Lipinski definition) is 3. The lowest BCUT2D eigenvalue weighted by Gasteiger charge is -2.08. The van der Waals surface area contributed by atoms with Crippen molar-refractivity contribution in [1.29, 1.82) is 0 Å². The van der Waals surface area contributed by atoms with E-state index in [2.05, 4.69) is 15.2 Å². The number of fused-ring (bicyclic) bond motifs is 1. The molecule has 4 nitrogen and oxygen atoms in total. The van der Waals surface area contributed by atoms with Gasteiger partial charge in [-0.3, -0.25) is 9.38 Å². The number of nitrogens with zero attached hydrogens (tertiary/aromatic N) is 4. The normalized spacial score (nSPS) is 11.0. The van der Waals surface area contributed by atoms with Crippen LogP contribution in [0.2, 0.25) is 5.02 Å². The van der Waals surface area contributed by atoms with Crippen LogP contribution in [0.3, 0.4) is 0 Å². The van der Waals surface area contributed by atoms with Crippen molar-refractivity contribution < 1.29 is 4.39 Å². The Balaban J connectivity index is 1.99. The first-order chi connectivity index (χ1) is 11.2. The molecule has 0 spiro atoms. The minimum Gasteiger partial charge on any atom is -0.282 e. The van der Waals surface area contributed by atoms with Gasteiger partial charge in [-0.05, 0) is 42.5 Å². The highest BCUT2D eigenvalue weighted by molar-refractivity contribution is 6.30. The summed E-state index contributed by atoms with van der Waals surface area (Å²) in [4.78, 5) is 4.33. The van der Waals surface area contributed by atoms with Gasteiger partial charge in [0.1, 0.15) is 5.82 Å². The first-order valence-electron chi connectivity index (χ1n) is 6.94. The first kappa shape index (κ1) is 13.8. The molecule has 3 heterocycles. The van der Waals surface area contributed by atoms with E-state index in [1.807, 2.05) is 34.9 Å². The van der Waals surface area contributed by atoms with Crippen LogP contribution in [0.25, 0.3) is 28.3 Å². The number of rotatable bonds is 2. The van der Waals surface area contributed by atoms with Crippen LogP contribution in [-0.4, -0.2) is 19.6 Å². The Kier molecular flexibility index (Phi) is 3.28. The average molecular weight is 325 g/mol. The van der Waals surface area contributed by atoms with Crippen LogP contribution in [0.15, 0.2) is 60.9 Å². The highest BCUT2D eigenvalue weighted by atomic mass is 35.5. The monoisotopic (exact) mass is 324 g/mol. The second-order valence-electron chi connectivity index (χ2n) is 4.98. The third-order valence-electron chi connectivity index (χ3n) is 3.55. The molecule has 0 N–H and O–H groups in total. The summed E-state index contributed by atoms with van der Waals surface area (Å²) >= 11 is 6.01. The Bertz CT molecular complexity index is 1010. The Morgan fingerprint density at radius 1 is 0.957 bits per heavy atom. The molecule has 0 saturated carbocycles. The molecule has 0 aliphatic heterocycles. The van der Waals surface area contributed by atoms with Gasteiger partial charge in [-0.15, -0.1) is 10.2 Å². The lowest BCUT2D eigenvalue weighted by atomic mass is 10.0. The van der Waals surface area contributed by atoms with Gasteiger partial charge < -0.3 is 0 Å². The van der Waals surface area contributed by atoms with Crippen LogP contribution in [0, 0.1) is 5.82 Å². The highest BCUT2D eigenvalue weighted by Crippen LogP contribution is 2.32. The summed E-state index contributed by atoms with van der Waals surface area (Å²) in [6.45, 7) is 0. The van der Waals surface area contributed by atoms with Gasteiger partial charge in [0.2, 0.25) is 0 Å². The molecule has 0 amide bonds. The molecule has 3 aromatic heterocycles. The quantitative estimate of drug-likeness (QED) is 0.553. The Hall–Kier alpha value is -2.79. The second-order valence-corrected chi connectivity index (χ2v) is 5.41. The van der Waals surface area contributed by atoms with Crippen LogP contribution < -0.4 is 0 Å². The van der Waals surface area contributed by atoms with Crippen molar-refractivity contribution in [2.24, 2.45) is 0 Å². The molecular weight excluding hydrogens is 315 g/mol. The van der Waals surface area contributed by atoms with E-state index in [0.717, 1.165) is 0 Å². The van der Waals surface area contributed by atoms with E-state index in [1.54, 1.807) is 18.3 Å². The molecule has 4 aromatic rings. The number of halogens is 2. The fourth-order valence-corrected chi connectivity index (χ4v) is 2.68. The molecule has 0 bridgehead atoms. The summed E-state index contributed by atoms with van der Waals surface area (Å²) in [5.74, 6) is 0.214. The van der Waals surface area contributed by atoms with Gasteiger partial charge in [0.15, 0.2) is 11.5 Å². The molecule has 1 aromatic carbocycles. The van der Waals surface area contributed by atoms with Crippen molar-refractivity contribution in [3.8, 4) is 22.6 Å². The van der Waals surface area contributed by atoms with Gasteiger partial charge in [0.05, 0.1) is 5.69 Å². The van der Waals surface area contributed by atoms with Crippen molar-refractivity contribution in [2.75, 3.05) is 0 Å². The van der Waals surface area contributed by atoms with Gasteiger partial charge in [-0.25, -0.2) is 4.39 Å². The van der Waals surface area contributed by atoms with E-state index < -0.39 is 0 Å². The fourth-order valence-electron chi connectivity index (χ4n) is 2.50. The number of pyridine rings is 2. The average Bonchev–Trinajstić information content (AvgIpc) is 3.01. The smallest absolute Gasteiger partial charge is 0.170 e. The maximum Gasteiger partial charge on any atom is 0.170 e. The largest absolute Gasteiger partial charge is 0.282 e. The van der Waals surface area contributed by atoms with E-state index in [-0.39, 0.29) is 5.82 Å². The number of benzene rings is 1. The molecule has 0 saturated heterocycles. The highest BCUT2D eigenvalue weighted by Gasteiger charge is 2.17. The van der Waals surface area contributed by atoms with Crippen molar-refractivity contribution >= 4 is 17.2 Å².